The fourth-order valence-electron chi connectivity index (χ4n) is 2.23. The van der Waals surface area contributed by atoms with Crippen LogP contribution >= 0.6 is 23.1 Å². The zero-order valence-corrected chi connectivity index (χ0v) is 12.8. The molecule has 1 unspecified atom stereocenters. The molecule has 102 valence electrons. The Bertz CT molecular complexity index is 575. The van der Waals surface area contributed by atoms with Crippen molar-refractivity contribution < 1.29 is 0 Å². The molecule has 6 heteroatoms. The van der Waals surface area contributed by atoms with Gasteiger partial charge < -0.3 is 10.6 Å². The normalized spacial score (nSPS) is 18.9. The zero-order valence-electron chi connectivity index (χ0n) is 11.2. The number of rotatable bonds is 4. The van der Waals surface area contributed by atoms with Gasteiger partial charge in [-0.25, -0.2) is 4.98 Å². The minimum Gasteiger partial charge on any atom is -0.366 e. The van der Waals surface area contributed by atoms with Crippen LogP contribution in [-0.4, -0.2) is 34.1 Å². The lowest BCUT2D eigenvalue weighted by Crippen LogP contribution is -2.19. The van der Waals surface area contributed by atoms with Crippen LogP contribution in [-0.2, 0) is 0 Å². The van der Waals surface area contributed by atoms with Crippen LogP contribution in [0.5, 0.6) is 0 Å². The number of aromatic nitrogens is 2. The Labute approximate surface area is 121 Å². The van der Waals surface area contributed by atoms with E-state index in [4.69, 9.17) is 0 Å². The number of thiophene rings is 1. The zero-order chi connectivity index (χ0) is 13.2. The van der Waals surface area contributed by atoms with E-state index in [0.717, 1.165) is 28.5 Å². The summed E-state index contributed by atoms with van der Waals surface area (Å²) in [6, 6.07) is 2.72. The third-order valence-corrected chi connectivity index (χ3v) is 5.23. The lowest BCUT2D eigenvalue weighted by Gasteiger charge is -2.13. The monoisotopic (exact) mass is 294 g/mol. The molecule has 0 bridgehead atoms. The second-order valence-corrected chi connectivity index (χ2v) is 7.09. The van der Waals surface area contributed by atoms with Gasteiger partial charge in [-0.1, -0.05) is 0 Å². The van der Waals surface area contributed by atoms with E-state index in [-0.39, 0.29) is 0 Å². The number of hydrogen-bond acceptors (Lipinski definition) is 6. The molecule has 0 aromatic carbocycles. The van der Waals surface area contributed by atoms with Crippen LogP contribution in [0.1, 0.15) is 18.2 Å². The number of thioether (sulfide) groups is 1. The standard InChI is InChI=1S/C13H18N4S2/c1-3-14-13-16-11(15-9-4-5-18-7-9)10-6-8(2)19-12(10)17-13/h6,9H,3-5,7H2,1-2H3,(H2,14,15,16,17). The van der Waals surface area contributed by atoms with E-state index >= 15 is 0 Å². The molecule has 0 aliphatic carbocycles. The van der Waals surface area contributed by atoms with Crippen LogP contribution in [0.25, 0.3) is 10.2 Å². The molecule has 2 N–H and O–H groups in total. The number of hydrogen-bond donors (Lipinski definition) is 2. The van der Waals surface area contributed by atoms with E-state index in [2.05, 4.69) is 40.5 Å². The minimum absolute atomic E-state index is 0.540. The maximum Gasteiger partial charge on any atom is 0.226 e. The summed E-state index contributed by atoms with van der Waals surface area (Å²) in [4.78, 5) is 11.5. The molecule has 1 saturated heterocycles. The molecule has 0 spiro atoms. The molecular weight excluding hydrogens is 276 g/mol. The first-order valence-electron chi connectivity index (χ1n) is 6.62. The predicted molar refractivity (Wildman–Crippen MR) is 85.7 cm³/mol. The summed E-state index contributed by atoms with van der Waals surface area (Å²) in [6.45, 7) is 5.02. The molecule has 1 atom stereocenters. The highest BCUT2D eigenvalue weighted by atomic mass is 32.2. The van der Waals surface area contributed by atoms with Crippen molar-refractivity contribution in [3.05, 3.63) is 10.9 Å². The first kappa shape index (κ1) is 13.0. The lowest BCUT2D eigenvalue weighted by atomic mass is 10.2. The Morgan fingerprint density at radius 2 is 2.32 bits per heavy atom. The molecule has 2 aromatic heterocycles. The Balaban J connectivity index is 1.98. The number of anilines is 2. The average Bonchev–Trinajstić information content (AvgIpc) is 2.98. The van der Waals surface area contributed by atoms with Crippen molar-refractivity contribution in [3.8, 4) is 0 Å². The van der Waals surface area contributed by atoms with Crippen LogP contribution in [0, 0.1) is 6.92 Å². The fourth-order valence-corrected chi connectivity index (χ4v) is 4.26. The van der Waals surface area contributed by atoms with Gasteiger partial charge in [0, 0.05) is 23.2 Å². The number of aryl methyl sites for hydroxylation is 1. The van der Waals surface area contributed by atoms with Crippen molar-refractivity contribution in [2.75, 3.05) is 28.7 Å². The quantitative estimate of drug-likeness (QED) is 0.905. The van der Waals surface area contributed by atoms with Gasteiger partial charge in [-0.2, -0.15) is 16.7 Å². The Kier molecular flexibility index (Phi) is 3.79. The number of fused-ring (bicyclic) bond motifs is 1. The van der Waals surface area contributed by atoms with E-state index in [9.17, 15) is 0 Å². The van der Waals surface area contributed by atoms with Crippen LogP contribution < -0.4 is 10.6 Å². The van der Waals surface area contributed by atoms with Gasteiger partial charge in [0.15, 0.2) is 0 Å². The van der Waals surface area contributed by atoms with E-state index < -0.39 is 0 Å². The molecule has 3 heterocycles. The first-order valence-corrected chi connectivity index (χ1v) is 8.59. The second kappa shape index (κ2) is 5.54. The molecule has 0 saturated carbocycles. The van der Waals surface area contributed by atoms with Crippen molar-refractivity contribution in [1.82, 2.24) is 9.97 Å². The summed E-state index contributed by atoms with van der Waals surface area (Å²) < 4.78 is 0. The molecular formula is C13H18N4S2. The maximum atomic E-state index is 4.63. The van der Waals surface area contributed by atoms with E-state index in [1.54, 1.807) is 11.3 Å². The second-order valence-electron chi connectivity index (χ2n) is 4.71. The van der Waals surface area contributed by atoms with Gasteiger partial charge in [-0.05, 0) is 32.1 Å². The molecule has 19 heavy (non-hydrogen) atoms. The van der Waals surface area contributed by atoms with E-state index in [0.29, 0.717) is 6.04 Å². The van der Waals surface area contributed by atoms with Crippen LogP contribution in [0.4, 0.5) is 11.8 Å². The van der Waals surface area contributed by atoms with Gasteiger partial charge in [0.1, 0.15) is 10.6 Å². The summed E-state index contributed by atoms with van der Waals surface area (Å²) in [5, 5.41) is 7.96. The maximum absolute atomic E-state index is 4.63. The van der Waals surface area contributed by atoms with Crippen LogP contribution in [0.2, 0.25) is 0 Å². The molecule has 4 nitrogen and oxygen atoms in total. The van der Waals surface area contributed by atoms with Crippen molar-refractivity contribution in [3.63, 3.8) is 0 Å². The number of nitrogens with zero attached hydrogens (tertiary/aromatic N) is 2. The Morgan fingerprint density at radius 1 is 1.42 bits per heavy atom. The van der Waals surface area contributed by atoms with E-state index in [1.807, 2.05) is 11.8 Å². The Hall–Kier alpha value is -1.01. The largest absolute Gasteiger partial charge is 0.366 e. The molecule has 0 amide bonds. The molecule has 1 aliphatic heterocycles. The molecule has 2 aromatic rings. The van der Waals surface area contributed by atoms with Gasteiger partial charge in [0.2, 0.25) is 5.95 Å². The van der Waals surface area contributed by atoms with Crippen LogP contribution in [0.15, 0.2) is 6.07 Å². The topological polar surface area (TPSA) is 49.8 Å². The summed E-state index contributed by atoms with van der Waals surface area (Å²) in [5.74, 6) is 4.13. The molecule has 3 rings (SSSR count). The smallest absolute Gasteiger partial charge is 0.226 e. The van der Waals surface area contributed by atoms with Crippen molar-refractivity contribution in [2.45, 2.75) is 26.3 Å². The Morgan fingerprint density at radius 3 is 3.05 bits per heavy atom. The third kappa shape index (κ3) is 2.79. The van der Waals surface area contributed by atoms with Gasteiger partial charge in [0.05, 0.1) is 5.39 Å². The molecule has 1 aliphatic rings. The summed E-state index contributed by atoms with van der Waals surface area (Å²) >= 11 is 3.74. The number of nitrogens with one attached hydrogen (secondary N) is 2. The average molecular weight is 294 g/mol. The molecule has 0 radical (unpaired) electrons. The van der Waals surface area contributed by atoms with Gasteiger partial charge in [-0.3, -0.25) is 0 Å². The predicted octanol–water partition coefficient (Wildman–Crippen LogP) is 3.35. The summed E-state index contributed by atoms with van der Waals surface area (Å²) in [5.41, 5.74) is 0. The van der Waals surface area contributed by atoms with Gasteiger partial charge in [-0.15, -0.1) is 11.3 Å². The summed E-state index contributed by atoms with van der Waals surface area (Å²) in [6.07, 6.45) is 1.22. The van der Waals surface area contributed by atoms with Gasteiger partial charge in [0.25, 0.3) is 0 Å². The van der Waals surface area contributed by atoms with Crippen molar-refractivity contribution in [2.24, 2.45) is 0 Å². The van der Waals surface area contributed by atoms with Crippen molar-refractivity contribution in [1.29, 1.82) is 0 Å². The van der Waals surface area contributed by atoms with Crippen molar-refractivity contribution >= 4 is 45.1 Å². The fraction of sp³-hybridized carbons (Fsp3) is 0.538. The lowest BCUT2D eigenvalue weighted by molar-refractivity contribution is 0.808. The van der Waals surface area contributed by atoms with Crippen LogP contribution in [0.3, 0.4) is 0 Å². The SMILES string of the molecule is CCNc1nc(NC2CCSC2)c2cc(C)sc2n1. The highest BCUT2D eigenvalue weighted by molar-refractivity contribution is 7.99. The highest BCUT2D eigenvalue weighted by Gasteiger charge is 2.18. The third-order valence-electron chi connectivity index (χ3n) is 3.12. The molecule has 1 fully saturated rings. The summed E-state index contributed by atoms with van der Waals surface area (Å²) in [7, 11) is 0. The van der Waals surface area contributed by atoms with Gasteiger partial charge >= 0.3 is 0 Å². The minimum atomic E-state index is 0.540. The highest BCUT2D eigenvalue weighted by Crippen LogP contribution is 2.31. The first-order chi connectivity index (χ1) is 9.26. The van der Waals surface area contributed by atoms with E-state index in [1.165, 1.54) is 22.8 Å².